The van der Waals surface area contributed by atoms with E-state index in [0.717, 1.165) is 174 Å². The van der Waals surface area contributed by atoms with Crippen molar-refractivity contribution in [2.45, 2.75) is 218 Å². The molecule has 4 N–H and O–H groups in total. The number of anilines is 3. The van der Waals surface area contributed by atoms with Gasteiger partial charge in [-0.15, -0.1) is 0 Å². The second-order valence-corrected chi connectivity index (χ2v) is 41.3. The van der Waals surface area contributed by atoms with Gasteiger partial charge in [-0.05, 0) is 311 Å². The number of alkyl halides is 4. The van der Waals surface area contributed by atoms with Crippen LogP contribution in [0.25, 0.3) is 24.3 Å². The molecule has 33 heteroatoms. The second kappa shape index (κ2) is 45.8. The van der Waals surface area contributed by atoms with E-state index in [2.05, 4.69) is 28.9 Å². The highest BCUT2D eigenvalue weighted by molar-refractivity contribution is 5.87. The van der Waals surface area contributed by atoms with E-state index in [1.807, 2.05) is 97.8 Å². The standard InChI is InChI=1S/C28H32F3N3O3.2C28H33F3N2O3.C27H30F3NO4/c1-17-11-19-14-20(33-10-9-32(4)24(35)15-33)6-7-21(19)27(34(17)16-28(2,3)31)26-22(29)12-18(13-23(26)30)5-8-25(36)37;1-17-11-20-14-21(32-9-10-36-15-18(32)2)6-7-22(20)27(33(17)16-28(3,4)31)26-23(29)12-19(13-24(26)30)5-8-25(34)35;1-17-11-20-14-21(32-9-10-36-18(2)15-32)6-7-22(20)27(33(17)16-28(3,4)31)26-23(29)12-19(13-24(26)30)5-8-25(34)35;1-16-10-18-13-19(35-20-8-9-34-14-20)5-6-21(18)26(31(16)15-27(2,3)30)25-22(28)11-17(12-23(25)29)4-7-24(32)33/h5-8,12-14,17,27H,9-11,15-16H2,1-4H3,(H,36,37);2*5-8,12-14,17-18,27H,9-11,15-16H2,1-4H3,(H,34,35);4-7,11-13,16,20,26H,8-10,14-15H2,1-3H3,(H,32,33)/b3*8-5+;7-4+/t;;;16?,20-,26?/m...0/s1. The van der Waals surface area contributed by atoms with Gasteiger partial charge in [0, 0.05) is 166 Å². The van der Waals surface area contributed by atoms with Gasteiger partial charge in [0.15, 0.2) is 0 Å². The smallest absolute Gasteiger partial charge is 0.328 e. The zero-order chi connectivity index (χ0) is 105. The van der Waals surface area contributed by atoms with Gasteiger partial charge in [0.2, 0.25) is 5.91 Å². The minimum absolute atomic E-state index is 0.0000705. The summed E-state index contributed by atoms with van der Waals surface area (Å²) < 4.78 is 206. The molecule has 10 unspecified atom stereocenters. The molecule has 11 atom stereocenters. The summed E-state index contributed by atoms with van der Waals surface area (Å²) in [4.78, 5) is 71.0. The van der Waals surface area contributed by atoms with Gasteiger partial charge in [0.1, 0.15) is 81.1 Å². The molecule has 0 radical (unpaired) electrons. The highest BCUT2D eigenvalue weighted by Crippen LogP contribution is 2.49. The van der Waals surface area contributed by atoms with Crippen LogP contribution in [0, 0.1) is 46.5 Å². The number of rotatable bonds is 25. The molecular formula is C111H128F12N8O13. The van der Waals surface area contributed by atoms with E-state index >= 15 is 35.1 Å². The molecule has 0 aliphatic carbocycles. The third-order valence-corrected chi connectivity index (χ3v) is 27.1. The minimum atomic E-state index is -1.61. The van der Waals surface area contributed by atoms with Crippen LogP contribution in [0.4, 0.5) is 69.7 Å². The maximum Gasteiger partial charge on any atom is 0.328 e. The first-order chi connectivity index (χ1) is 67.7. The van der Waals surface area contributed by atoms with Gasteiger partial charge in [-0.1, -0.05) is 24.3 Å². The summed E-state index contributed by atoms with van der Waals surface area (Å²) in [5.41, 5.74) is 2.84. The molecule has 16 rings (SSSR count). The van der Waals surface area contributed by atoms with Crippen LogP contribution in [0.2, 0.25) is 0 Å². The number of likely N-dealkylation sites (N-methyl/N-ethyl adjacent to an activating group) is 1. The Morgan fingerprint density at radius 3 is 1.02 bits per heavy atom. The quantitative estimate of drug-likeness (QED) is 0.0308. The van der Waals surface area contributed by atoms with Crippen LogP contribution < -0.4 is 19.4 Å². The van der Waals surface area contributed by atoms with E-state index < -0.39 is 117 Å². The van der Waals surface area contributed by atoms with E-state index in [-0.39, 0.29) is 126 Å². The Morgan fingerprint density at radius 1 is 0.389 bits per heavy atom. The summed E-state index contributed by atoms with van der Waals surface area (Å²) in [5, 5.41) is 35.4. The lowest BCUT2D eigenvalue weighted by molar-refractivity contribution is -0.132. The lowest BCUT2D eigenvalue weighted by atomic mass is 9.83. The van der Waals surface area contributed by atoms with Crippen molar-refractivity contribution in [1.82, 2.24) is 24.5 Å². The summed E-state index contributed by atoms with van der Waals surface area (Å²) in [6.45, 7) is 30.3. The van der Waals surface area contributed by atoms with Gasteiger partial charge in [-0.3, -0.25) is 24.4 Å². The molecule has 144 heavy (non-hydrogen) atoms. The van der Waals surface area contributed by atoms with Gasteiger partial charge in [0.25, 0.3) is 0 Å². The lowest BCUT2D eigenvalue weighted by Crippen LogP contribution is -2.49. The molecule has 8 aromatic rings. The number of benzene rings is 8. The second-order valence-electron chi connectivity index (χ2n) is 41.3. The predicted molar refractivity (Wildman–Crippen MR) is 530 cm³/mol. The Morgan fingerprint density at radius 2 is 0.708 bits per heavy atom. The molecule has 8 aromatic carbocycles. The van der Waals surface area contributed by atoms with Gasteiger partial charge in [-0.2, -0.15) is 0 Å². The fourth-order valence-electron chi connectivity index (χ4n) is 20.7. The summed E-state index contributed by atoms with van der Waals surface area (Å²) >= 11 is 0. The van der Waals surface area contributed by atoms with Crippen LogP contribution in [0.3, 0.4) is 0 Å². The molecule has 8 heterocycles. The Labute approximate surface area is 833 Å². The number of ether oxygens (including phenoxy) is 4. The number of hydrogen-bond acceptors (Lipinski definition) is 16. The van der Waals surface area contributed by atoms with E-state index in [1.54, 1.807) is 33.9 Å². The molecule has 0 bridgehead atoms. The Balaban J connectivity index is 0.000000161. The highest BCUT2D eigenvalue weighted by Gasteiger charge is 2.46. The maximum absolute atomic E-state index is 15.5. The minimum Gasteiger partial charge on any atom is -0.488 e. The Kier molecular flexibility index (Phi) is 34.8. The third-order valence-electron chi connectivity index (χ3n) is 27.1. The third kappa shape index (κ3) is 27.5. The van der Waals surface area contributed by atoms with Gasteiger partial charge >= 0.3 is 23.9 Å². The van der Waals surface area contributed by atoms with E-state index in [0.29, 0.717) is 88.7 Å². The van der Waals surface area contributed by atoms with Crippen LogP contribution in [-0.2, 0) is 63.9 Å². The number of fused-ring (bicyclic) bond motifs is 4. The predicted octanol–water partition coefficient (Wildman–Crippen LogP) is 20.5. The number of halogens is 12. The number of piperazine rings is 1. The largest absolute Gasteiger partial charge is 0.488 e. The van der Waals surface area contributed by atoms with Gasteiger partial charge in [-0.25, -0.2) is 71.9 Å². The molecule has 0 aromatic heterocycles. The van der Waals surface area contributed by atoms with E-state index in [1.165, 1.54) is 55.4 Å². The van der Waals surface area contributed by atoms with Crippen molar-refractivity contribution in [2.24, 2.45) is 0 Å². The van der Waals surface area contributed by atoms with Crippen LogP contribution in [0.5, 0.6) is 5.75 Å². The molecular weight excluding hydrogens is 1880 g/mol. The van der Waals surface area contributed by atoms with Gasteiger partial charge < -0.3 is 59.0 Å². The zero-order valence-corrected chi connectivity index (χ0v) is 83.7. The Hall–Kier alpha value is -11.9. The normalized spacial score (nSPS) is 22.6. The van der Waals surface area contributed by atoms with Crippen molar-refractivity contribution in [3.63, 3.8) is 0 Å². The van der Waals surface area contributed by atoms with Gasteiger partial charge in [0.05, 0.1) is 69.9 Å². The number of carbonyl (C=O) groups excluding carboxylic acids is 1. The molecule has 21 nitrogen and oxygen atoms in total. The molecule has 8 aliphatic heterocycles. The van der Waals surface area contributed by atoms with Crippen LogP contribution in [-0.4, -0.2) is 245 Å². The number of amides is 1. The van der Waals surface area contributed by atoms with Crippen molar-refractivity contribution >= 4 is 71.2 Å². The van der Waals surface area contributed by atoms with Crippen molar-refractivity contribution in [3.05, 3.63) is 281 Å². The number of carbonyl (C=O) groups is 5. The first-order valence-electron chi connectivity index (χ1n) is 48.6. The fraction of sp³-hybridized carbons (Fsp3) is 0.450. The average molecular weight is 2010 g/mol. The van der Waals surface area contributed by atoms with Crippen LogP contribution >= 0.6 is 0 Å². The summed E-state index contributed by atoms with van der Waals surface area (Å²) in [6.07, 6.45) is 11.1. The SMILES string of the molecule is CC1CN(c2ccc3c(c2)CC(C)N(CC(C)(C)F)C3c2c(F)cc(/C=C/C(=O)O)cc2F)CCO1.CC1COCCN1c1ccc2c(c1)CC(C)N(CC(C)(C)F)C2c1c(F)cc(/C=C/C(=O)O)cc1F.CC1Cc2cc(N3CCN(C)C(=O)C3)ccc2C(c2c(F)cc(/C=C/C(=O)O)cc2F)N1CC(C)(C)F.CC1Cc2cc(O[C@H]3CCOC3)ccc2C(c2c(F)cc(/C=C/C(=O)O)cc2F)N1CC(C)(C)F. The Bertz CT molecular complexity index is 6050. The number of aliphatic carboxylic acids is 4. The first kappa shape index (κ1) is 109. The summed E-state index contributed by atoms with van der Waals surface area (Å²) in [7, 11) is 1.77. The molecule has 1 amide bonds. The molecule has 8 aliphatic rings. The zero-order valence-electron chi connectivity index (χ0n) is 83.7. The first-order valence-corrected chi connectivity index (χ1v) is 48.6. The molecule has 774 valence electrons. The van der Waals surface area contributed by atoms with Crippen molar-refractivity contribution in [2.75, 3.05) is 120 Å². The monoisotopic (exact) mass is 2010 g/mol. The maximum atomic E-state index is 15.5. The molecule has 4 fully saturated rings. The molecule has 0 spiro atoms. The summed E-state index contributed by atoms with van der Waals surface area (Å²) in [6, 6.07) is 28.0. The number of nitrogens with zero attached hydrogens (tertiary/aromatic N) is 8. The fourth-order valence-corrected chi connectivity index (χ4v) is 20.7. The topological polar surface area (TPSA) is 229 Å². The molecule has 0 saturated carbocycles. The highest BCUT2D eigenvalue weighted by atomic mass is 19.2. The van der Waals surface area contributed by atoms with Crippen LogP contribution in [0.15, 0.2) is 146 Å². The van der Waals surface area contributed by atoms with Crippen LogP contribution in [0.1, 0.15) is 217 Å². The average Bonchev–Trinajstić information content (AvgIpc) is 0.890. The molecule has 4 saturated heterocycles. The van der Waals surface area contributed by atoms with Crippen molar-refractivity contribution in [1.29, 1.82) is 0 Å². The van der Waals surface area contributed by atoms with Crippen molar-refractivity contribution in [3.8, 4) is 5.75 Å². The van der Waals surface area contributed by atoms with E-state index in [9.17, 15) is 41.5 Å². The van der Waals surface area contributed by atoms with E-state index in [4.69, 9.17) is 39.4 Å². The van der Waals surface area contributed by atoms with Crippen molar-refractivity contribution < 1.29 is 116 Å². The number of hydrogen-bond donors (Lipinski definition) is 4. The summed E-state index contributed by atoms with van der Waals surface area (Å²) in [5.74, 6) is -10.6. The number of morpholine rings is 2. The lowest BCUT2D eigenvalue weighted by Gasteiger charge is -2.45. The number of carboxylic acids is 4. The number of carboxylic acid groups (broad SMARTS) is 4.